The van der Waals surface area contributed by atoms with Crippen molar-refractivity contribution < 1.29 is 53.4 Å². The summed E-state index contributed by atoms with van der Waals surface area (Å²) in [5.74, 6) is -7.35. The van der Waals surface area contributed by atoms with Crippen molar-refractivity contribution >= 4 is 86.7 Å². The van der Waals surface area contributed by atoms with E-state index in [-0.39, 0.29) is 118 Å². The van der Waals surface area contributed by atoms with E-state index in [4.69, 9.17) is 34.4 Å². The second-order valence-corrected chi connectivity index (χ2v) is 23.3. The van der Waals surface area contributed by atoms with E-state index < -0.39 is 108 Å². The lowest BCUT2D eigenvalue weighted by atomic mass is 9.99. The zero-order chi connectivity index (χ0) is 60.6. The molecule has 452 valence electrons. The van der Waals surface area contributed by atoms with E-state index in [1.165, 1.54) is 52.1 Å². The highest BCUT2D eigenvalue weighted by Gasteiger charge is 2.41. The first-order valence-electron chi connectivity index (χ1n) is 27.3. The Balaban J connectivity index is 1.62. The lowest BCUT2D eigenvalue weighted by molar-refractivity contribution is -0.141. The van der Waals surface area contributed by atoms with Crippen LogP contribution in [0.5, 0.6) is 11.5 Å². The second-order valence-electron chi connectivity index (χ2n) is 20.8. The van der Waals surface area contributed by atoms with Gasteiger partial charge in [-0.15, -0.1) is 0 Å². The second kappa shape index (κ2) is 33.4. The van der Waals surface area contributed by atoms with Gasteiger partial charge in [0.2, 0.25) is 53.2 Å². The molecule has 4 rings (SSSR count). The van der Waals surface area contributed by atoms with Crippen LogP contribution < -0.4 is 71.6 Å². The number of amides is 9. The third-order valence-electron chi connectivity index (χ3n) is 13.7. The molecule has 27 nitrogen and oxygen atoms in total. The molecule has 10 atom stereocenters. The summed E-state index contributed by atoms with van der Waals surface area (Å²) in [5, 5.41) is 38.9. The lowest BCUT2D eigenvalue weighted by Gasteiger charge is -2.30. The molecular weight excluding hydrogens is 1100 g/mol. The third kappa shape index (κ3) is 22.1. The molecule has 2 heterocycles. The highest BCUT2D eigenvalue weighted by molar-refractivity contribution is 8.76. The zero-order valence-corrected chi connectivity index (χ0v) is 48.4. The molecular formula is C53H82N16O11S2. The van der Waals surface area contributed by atoms with Gasteiger partial charge in [0.05, 0.1) is 6.04 Å². The van der Waals surface area contributed by atoms with Crippen LogP contribution >= 0.6 is 21.6 Å². The molecule has 0 aromatic heterocycles. The fraction of sp³-hybridized carbons (Fsp3) is 0.566. The van der Waals surface area contributed by atoms with E-state index in [0.29, 0.717) is 24.0 Å². The van der Waals surface area contributed by atoms with Crippen molar-refractivity contribution in [1.29, 1.82) is 0 Å². The van der Waals surface area contributed by atoms with Gasteiger partial charge < -0.3 is 86.7 Å². The lowest BCUT2D eigenvalue weighted by Crippen LogP contribution is -2.61. The van der Waals surface area contributed by atoms with Crippen molar-refractivity contribution in [3.8, 4) is 11.5 Å². The van der Waals surface area contributed by atoms with Crippen LogP contribution in [-0.4, -0.2) is 166 Å². The summed E-state index contributed by atoms with van der Waals surface area (Å²) in [6.45, 7) is 7.65. The quantitative estimate of drug-likeness (QED) is 0.0176. The number of hydrogen-bond donors (Lipinski definition) is 15. The molecule has 29 heteroatoms. The number of nitrogens with two attached hydrogens (primary N) is 6. The number of rotatable bonds is 29. The molecule has 21 N–H and O–H groups in total. The van der Waals surface area contributed by atoms with E-state index >= 15 is 0 Å². The van der Waals surface area contributed by atoms with Gasteiger partial charge in [0.1, 0.15) is 59.8 Å². The van der Waals surface area contributed by atoms with Crippen molar-refractivity contribution in [2.24, 2.45) is 56.2 Å². The number of benzene rings is 2. The number of phenols is 2. The van der Waals surface area contributed by atoms with Crippen molar-refractivity contribution in [1.82, 2.24) is 42.1 Å². The number of nitrogens with zero attached hydrogens (tertiary/aromatic N) is 3. The minimum Gasteiger partial charge on any atom is -0.508 e. The Hall–Kier alpha value is -7.53. The summed E-state index contributed by atoms with van der Waals surface area (Å²) < 4.78 is 0. The number of phenolic OH excluding ortho intramolecular Hbond substituents is 2. The molecule has 0 radical (unpaired) electrons. The molecule has 0 bridgehead atoms. The first-order chi connectivity index (χ1) is 38.9. The van der Waals surface area contributed by atoms with Crippen LogP contribution in [0.25, 0.3) is 0 Å². The average molecular weight is 1180 g/mol. The Morgan fingerprint density at radius 1 is 0.671 bits per heavy atom. The number of primary amides is 1. The molecule has 9 amide bonds. The van der Waals surface area contributed by atoms with E-state index in [1.807, 2.05) is 13.8 Å². The van der Waals surface area contributed by atoms with Gasteiger partial charge in [0, 0.05) is 44.0 Å². The van der Waals surface area contributed by atoms with E-state index in [1.54, 1.807) is 26.0 Å². The maximum Gasteiger partial charge on any atom is 0.246 e. The first kappa shape index (κ1) is 67.0. The monoisotopic (exact) mass is 1180 g/mol. The minimum absolute atomic E-state index is 0.0165. The number of hydrogen-bond acceptors (Lipinski definition) is 16. The molecule has 2 aliphatic rings. The SMILES string of the molecule is CC[C@H](C)[C@H](N)C(=O)NC1CSSC[C@@H](C(=O)N[C@@H](Cc2ccc(O)cc2)C(=O)N[C@@H](CCCN=C(N)N)C(=O)N[C@@H](CC(C)C)C(=O)N[C@@H](CCCN=C(N)N)C(=O)N[C@@H](Cc2ccc(O)cc2)C(N)=O)NC(=O)[C@@H]2CCCN2C1=O. The summed E-state index contributed by atoms with van der Waals surface area (Å²) in [7, 11) is 2.36. The largest absolute Gasteiger partial charge is 0.508 e. The van der Waals surface area contributed by atoms with Crippen LogP contribution in [0, 0.1) is 11.8 Å². The molecule has 0 aliphatic carbocycles. The van der Waals surface area contributed by atoms with Gasteiger partial charge in [-0.25, -0.2) is 0 Å². The number of nitrogens with one attached hydrogen (secondary N) is 7. The number of aliphatic imine (C=N–C) groups is 2. The highest BCUT2D eigenvalue weighted by Crippen LogP contribution is 2.28. The summed E-state index contributed by atoms with van der Waals surface area (Å²) >= 11 is 0. The van der Waals surface area contributed by atoms with Gasteiger partial charge in [0.25, 0.3) is 0 Å². The number of guanidine groups is 2. The fourth-order valence-electron chi connectivity index (χ4n) is 8.92. The molecule has 0 spiro atoms. The Bertz CT molecular complexity index is 2570. The zero-order valence-electron chi connectivity index (χ0n) is 46.8. The predicted octanol–water partition coefficient (Wildman–Crippen LogP) is -2.33. The van der Waals surface area contributed by atoms with Crippen LogP contribution in [0.1, 0.15) is 90.2 Å². The van der Waals surface area contributed by atoms with Crippen molar-refractivity contribution in [2.75, 3.05) is 31.1 Å². The molecule has 82 heavy (non-hydrogen) atoms. The first-order valence-corrected chi connectivity index (χ1v) is 29.7. The topological polar surface area (TPSA) is 462 Å². The summed E-state index contributed by atoms with van der Waals surface area (Å²) in [6.07, 6.45) is 1.41. The van der Waals surface area contributed by atoms with Crippen LogP contribution in [0.4, 0.5) is 0 Å². The van der Waals surface area contributed by atoms with Gasteiger partial charge in [-0.3, -0.25) is 53.1 Å². The van der Waals surface area contributed by atoms with Gasteiger partial charge in [-0.05, 0) is 92.2 Å². The Morgan fingerprint density at radius 2 is 1.15 bits per heavy atom. The van der Waals surface area contributed by atoms with Crippen LogP contribution in [-0.2, 0) is 56.0 Å². The van der Waals surface area contributed by atoms with Crippen molar-refractivity contribution in [3.63, 3.8) is 0 Å². The molecule has 2 aromatic carbocycles. The standard InChI is InChI=1S/C53H82N16O11S2/c1-5-29(4)42(54)50(79)68-40-27-82-81-26-39(67-49(78)41-11-8-22-69(41)51(40)80)48(77)66-38(25-31-14-18-33(71)19-15-31)47(76)63-35(10-7-21-61-53(58)59)45(74)65-37(23-28(2)3)46(75)62-34(9-6-20-60-52(56)57)44(73)64-36(43(55)72)24-30-12-16-32(70)17-13-30/h12-19,28-29,34-42,70-71H,5-11,20-27,54H2,1-4H3,(H2,55,72)(H,62,75)(H,63,76)(H,64,73)(H,65,74)(H,66,77)(H,67,78)(H,68,79)(H4,56,57,60)(H4,58,59,61)/t29-,34-,35-,36-,37-,38-,39-,40?,41-,42-/m0/s1. The van der Waals surface area contributed by atoms with Crippen molar-refractivity contribution in [3.05, 3.63) is 59.7 Å². The van der Waals surface area contributed by atoms with E-state index in [9.17, 15) is 53.4 Å². The fourth-order valence-corrected chi connectivity index (χ4v) is 11.2. The van der Waals surface area contributed by atoms with Crippen LogP contribution in [0.15, 0.2) is 58.5 Å². The molecule has 2 saturated heterocycles. The Morgan fingerprint density at radius 3 is 1.65 bits per heavy atom. The number of fused-ring (bicyclic) bond motifs is 1. The van der Waals surface area contributed by atoms with E-state index in [0.717, 1.165) is 10.8 Å². The molecule has 2 fully saturated rings. The number of aromatic hydroxyl groups is 2. The summed E-state index contributed by atoms with van der Waals surface area (Å²) in [5.41, 5.74) is 35.2. The molecule has 0 saturated carbocycles. The molecule has 1 unspecified atom stereocenters. The average Bonchev–Trinajstić information content (AvgIpc) is 3.94. The summed E-state index contributed by atoms with van der Waals surface area (Å²) in [6, 6.07) is 0.960. The maximum absolute atomic E-state index is 14.7. The van der Waals surface area contributed by atoms with Crippen LogP contribution in [0.2, 0.25) is 0 Å². The summed E-state index contributed by atoms with van der Waals surface area (Å²) in [4.78, 5) is 135. The normalized spacial score (nSPS) is 18.9. The highest BCUT2D eigenvalue weighted by atomic mass is 33.1. The number of carbonyl (C=O) groups is 9. The molecule has 2 aliphatic heterocycles. The van der Waals surface area contributed by atoms with Gasteiger partial charge in [-0.2, -0.15) is 0 Å². The Kier molecular flexibility index (Phi) is 27.3. The predicted molar refractivity (Wildman–Crippen MR) is 313 cm³/mol. The molecule has 2 aromatic rings. The third-order valence-corrected chi connectivity index (χ3v) is 16.2. The maximum atomic E-state index is 14.7. The van der Waals surface area contributed by atoms with E-state index in [2.05, 4.69) is 47.2 Å². The van der Waals surface area contributed by atoms with Gasteiger partial charge in [0.15, 0.2) is 11.9 Å². The van der Waals surface area contributed by atoms with Crippen molar-refractivity contribution in [2.45, 2.75) is 146 Å². The van der Waals surface area contributed by atoms with Gasteiger partial charge >= 0.3 is 0 Å². The van der Waals surface area contributed by atoms with Gasteiger partial charge in [-0.1, -0.05) is 80.0 Å². The number of carbonyl (C=O) groups excluding carboxylic acids is 9. The van der Waals surface area contributed by atoms with Crippen LogP contribution in [0.3, 0.4) is 0 Å². The minimum atomic E-state index is -1.43. The Labute approximate surface area is 485 Å². The smallest absolute Gasteiger partial charge is 0.246 e.